The maximum atomic E-state index is 12.9. The molecule has 1 aliphatic heterocycles. The lowest BCUT2D eigenvalue weighted by atomic mass is 9.81. The lowest BCUT2D eigenvalue weighted by Gasteiger charge is -2.37. The number of halogens is 1. The first-order valence-corrected chi connectivity index (χ1v) is 7.61. The average molecular weight is 311 g/mol. The normalized spacial score (nSPS) is 21.5. The molecule has 0 radical (unpaired) electrons. The predicted molar refractivity (Wildman–Crippen MR) is 89.7 cm³/mol. The molecule has 1 aliphatic rings. The van der Waals surface area contributed by atoms with Crippen molar-refractivity contribution in [2.75, 3.05) is 19.6 Å². The van der Waals surface area contributed by atoms with Crippen molar-refractivity contribution in [3.05, 3.63) is 35.4 Å². The van der Waals surface area contributed by atoms with E-state index in [0.29, 0.717) is 0 Å². The molecule has 1 heterocycles. The van der Waals surface area contributed by atoms with Crippen LogP contribution in [0.15, 0.2) is 24.3 Å². The summed E-state index contributed by atoms with van der Waals surface area (Å²) in [5.41, 5.74) is 2.26. The molecule has 2 rings (SSSR count). The van der Waals surface area contributed by atoms with Gasteiger partial charge in [0.1, 0.15) is 0 Å². The fourth-order valence-electron chi connectivity index (χ4n) is 2.94. The van der Waals surface area contributed by atoms with E-state index in [1.54, 1.807) is 0 Å². The third kappa shape index (κ3) is 4.21. The summed E-state index contributed by atoms with van der Waals surface area (Å²) in [6.45, 7) is 9.60. The summed E-state index contributed by atoms with van der Waals surface area (Å²) in [6.07, 6.45) is 2.08. The molecule has 1 unspecified atom stereocenters. The number of hydrogen-bond donors (Lipinski definition) is 1. The van der Waals surface area contributed by atoms with Crippen LogP contribution < -0.4 is 5.32 Å². The largest absolute Gasteiger partial charge is 0.338 e. The minimum atomic E-state index is -0.239. The highest BCUT2D eigenvalue weighted by molar-refractivity contribution is 5.85. The minimum absolute atomic E-state index is 0. The first-order valence-electron chi connectivity index (χ1n) is 7.61. The van der Waals surface area contributed by atoms with Gasteiger partial charge in [-0.25, -0.2) is 0 Å². The second kappa shape index (κ2) is 7.81. The van der Waals surface area contributed by atoms with Crippen LogP contribution in [0.25, 0.3) is 0 Å². The number of aryl methyl sites for hydroxylation is 1. The monoisotopic (exact) mass is 310 g/mol. The average Bonchev–Trinajstić information content (AvgIpc) is 2.46. The van der Waals surface area contributed by atoms with Gasteiger partial charge in [0.25, 0.3) is 0 Å². The van der Waals surface area contributed by atoms with Crippen molar-refractivity contribution in [1.82, 2.24) is 10.2 Å². The van der Waals surface area contributed by atoms with E-state index in [1.165, 1.54) is 11.1 Å². The number of hydrogen-bond acceptors (Lipinski definition) is 2. The van der Waals surface area contributed by atoms with E-state index in [9.17, 15) is 4.79 Å². The smallest absolute Gasteiger partial charge is 0.230 e. The molecule has 1 aromatic rings. The van der Waals surface area contributed by atoms with Crippen molar-refractivity contribution in [2.45, 2.75) is 40.2 Å². The molecular weight excluding hydrogens is 284 g/mol. The topological polar surface area (TPSA) is 32.3 Å². The third-order valence-corrected chi connectivity index (χ3v) is 4.40. The molecule has 4 heteroatoms. The minimum Gasteiger partial charge on any atom is -0.338 e. The SMILES string of the molecule is CCN(Cc1ccccc1C)C(=O)C1(C)CCCNC1.Cl. The van der Waals surface area contributed by atoms with E-state index in [-0.39, 0.29) is 23.7 Å². The highest BCUT2D eigenvalue weighted by Crippen LogP contribution is 2.28. The van der Waals surface area contributed by atoms with Crippen molar-refractivity contribution in [1.29, 1.82) is 0 Å². The molecule has 21 heavy (non-hydrogen) atoms. The van der Waals surface area contributed by atoms with Gasteiger partial charge in [-0.15, -0.1) is 12.4 Å². The first kappa shape index (κ1) is 18.0. The quantitative estimate of drug-likeness (QED) is 0.926. The molecule has 0 aliphatic carbocycles. The van der Waals surface area contributed by atoms with Crippen molar-refractivity contribution >= 4 is 18.3 Å². The van der Waals surface area contributed by atoms with Crippen LogP contribution in [0.2, 0.25) is 0 Å². The predicted octanol–water partition coefficient (Wildman–Crippen LogP) is 3.16. The Morgan fingerprint density at radius 2 is 2.10 bits per heavy atom. The van der Waals surface area contributed by atoms with Crippen LogP contribution in [0.3, 0.4) is 0 Å². The Morgan fingerprint density at radius 3 is 2.67 bits per heavy atom. The van der Waals surface area contributed by atoms with Gasteiger partial charge in [0, 0.05) is 19.6 Å². The molecule has 0 bridgehead atoms. The number of nitrogens with one attached hydrogen (secondary N) is 1. The highest BCUT2D eigenvalue weighted by atomic mass is 35.5. The third-order valence-electron chi connectivity index (χ3n) is 4.40. The molecule has 118 valence electrons. The number of amides is 1. The van der Waals surface area contributed by atoms with Gasteiger partial charge in [-0.1, -0.05) is 24.3 Å². The Morgan fingerprint density at radius 1 is 1.38 bits per heavy atom. The van der Waals surface area contributed by atoms with Crippen LogP contribution >= 0.6 is 12.4 Å². The van der Waals surface area contributed by atoms with Gasteiger partial charge >= 0.3 is 0 Å². The second-order valence-corrected chi connectivity index (χ2v) is 6.09. The molecule has 3 nitrogen and oxygen atoms in total. The zero-order valence-corrected chi connectivity index (χ0v) is 14.1. The number of nitrogens with zero attached hydrogens (tertiary/aromatic N) is 1. The first-order chi connectivity index (χ1) is 9.57. The van der Waals surface area contributed by atoms with Crippen molar-refractivity contribution in [3.8, 4) is 0 Å². The Balaban J connectivity index is 0.00000220. The summed E-state index contributed by atoms with van der Waals surface area (Å²) in [5, 5.41) is 3.36. The van der Waals surface area contributed by atoms with Crippen LogP contribution in [0.1, 0.15) is 37.8 Å². The Bertz CT molecular complexity index is 470. The molecule has 1 saturated heterocycles. The van der Waals surface area contributed by atoms with Crippen molar-refractivity contribution in [3.63, 3.8) is 0 Å². The molecule has 1 atom stereocenters. The van der Waals surface area contributed by atoms with Crippen LogP contribution in [-0.2, 0) is 11.3 Å². The van der Waals surface area contributed by atoms with Crippen LogP contribution in [0, 0.1) is 12.3 Å². The summed E-state index contributed by atoms with van der Waals surface area (Å²) in [5.74, 6) is 0.287. The lowest BCUT2D eigenvalue weighted by Crippen LogP contribution is -2.50. The maximum absolute atomic E-state index is 12.9. The highest BCUT2D eigenvalue weighted by Gasteiger charge is 2.37. The van der Waals surface area contributed by atoms with E-state index in [4.69, 9.17) is 0 Å². The summed E-state index contributed by atoms with van der Waals surface area (Å²) in [6, 6.07) is 8.32. The number of benzene rings is 1. The fraction of sp³-hybridized carbons (Fsp3) is 0.588. The van der Waals surface area contributed by atoms with Gasteiger partial charge in [-0.05, 0) is 51.3 Å². The Hall–Kier alpha value is -1.06. The Labute approximate surface area is 134 Å². The zero-order valence-electron chi connectivity index (χ0n) is 13.3. The second-order valence-electron chi connectivity index (χ2n) is 6.09. The Kier molecular flexibility index (Phi) is 6.69. The standard InChI is InChI=1S/C17H26N2O.ClH/c1-4-19(12-15-9-6-5-8-14(15)2)16(20)17(3)10-7-11-18-13-17;/h5-6,8-9,18H,4,7,10-13H2,1-3H3;1H. The van der Waals surface area contributed by atoms with Gasteiger partial charge in [0.15, 0.2) is 0 Å². The van der Waals surface area contributed by atoms with E-state index in [1.807, 2.05) is 17.0 Å². The molecular formula is C17H27ClN2O. The maximum Gasteiger partial charge on any atom is 0.230 e. The fourth-order valence-corrected chi connectivity index (χ4v) is 2.94. The van der Waals surface area contributed by atoms with E-state index in [2.05, 4.69) is 38.2 Å². The summed E-state index contributed by atoms with van der Waals surface area (Å²) >= 11 is 0. The van der Waals surface area contributed by atoms with Gasteiger partial charge < -0.3 is 10.2 Å². The molecule has 1 amide bonds. The molecule has 1 fully saturated rings. The molecule has 0 spiro atoms. The summed E-state index contributed by atoms with van der Waals surface area (Å²) in [4.78, 5) is 14.8. The number of piperidine rings is 1. The van der Waals surface area contributed by atoms with E-state index < -0.39 is 0 Å². The van der Waals surface area contributed by atoms with Gasteiger partial charge in [-0.3, -0.25) is 4.79 Å². The number of carbonyl (C=O) groups is 1. The van der Waals surface area contributed by atoms with Crippen molar-refractivity contribution in [2.24, 2.45) is 5.41 Å². The molecule has 1 N–H and O–H groups in total. The van der Waals surface area contributed by atoms with Gasteiger partial charge in [0.05, 0.1) is 5.41 Å². The van der Waals surface area contributed by atoms with E-state index >= 15 is 0 Å². The number of rotatable bonds is 4. The summed E-state index contributed by atoms with van der Waals surface area (Å²) in [7, 11) is 0. The van der Waals surface area contributed by atoms with Crippen LogP contribution in [-0.4, -0.2) is 30.4 Å². The van der Waals surface area contributed by atoms with Crippen LogP contribution in [0.5, 0.6) is 0 Å². The lowest BCUT2D eigenvalue weighted by molar-refractivity contribution is -0.142. The van der Waals surface area contributed by atoms with Crippen molar-refractivity contribution < 1.29 is 4.79 Å². The van der Waals surface area contributed by atoms with Crippen LogP contribution in [0.4, 0.5) is 0 Å². The van der Waals surface area contributed by atoms with Gasteiger partial charge in [0.2, 0.25) is 5.91 Å². The van der Waals surface area contributed by atoms with E-state index in [0.717, 1.165) is 39.0 Å². The molecule has 0 aromatic heterocycles. The van der Waals surface area contributed by atoms with Gasteiger partial charge in [-0.2, -0.15) is 0 Å². The zero-order chi connectivity index (χ0) is 14.6. The molecule has 0 saturated carbocycles. The summed E-state index contributed by atoms with van der Waals surface area (Å²) < 4.78 is 0. The molecule has 1 aromatic carbocycles. The number of carbonyl (C=O) groups excluding carboxylic acids is 1.